The van der Waals surface area contributed by atoms with E-state index in [0.717, 1.165) is 42.9 Å². The van der Waals surface area contributed by atoms with Crippen molar-refractivity contribution in [2.45, 2.75) is 25.9 Å². The first-order chi connectivity index (χ1) is 8.16. The molecule has 0 saturated carbocycles. The van der Waals surface area contributed by atoms with E-state index >= 15 is 0 Å². The van der Waals surface area contributed by atoms with Gasteiger partial charge in [-0.05, 0) is 18.6 Å². The van der Waals surface area contributed by atoms with Gasteiger partial charge in [-0.1, -0.05) is 24.4 Å². The Bertz CT molecular complexity index is 414. The topological polar surface area (TPSA) is 44.5 Å². The molecule has 0 spiro atoms. The molecule has 1 aromatic carbocycles. The minimum Gasteiger partial charge on any atom is -0.490 e. The van der Waals surface area contributed by atoms with E-state index in [1.54, 1.807) is 0 Å². The third-order valence-corrected chi connectivity index (χ3v) is 3.17. The molecule has 1 aromatic rings. The number of nitrogens with two attached hydrogens (primary N) is 1. The molecule has 1 aliphatic heterocycles. The fourth-order valence-corrected chi connectivity index (χ4v) is 1.98. The van der Waals surface area contributed by atoms with Crippen LogP contribution < -0.4 is 10.5 Å². The highest BCUT2D eigenvalue weighted by atomic mass is 32.1. The molecule has 1 saturated heterocycles. The molecule has 0 aliphatic carbocycles. The second-order valence-corrected chi connectivity index (χ2v) is 4.71. The van der Waals surface area contributed by atoms with Crippen LogP contribution >= 0.6 is 12.2 Å². The van der Waals surface area contributed by atoms with Crippen LogP contribution in [0.2, 0.25) is 0 Å². The second kappa shape index (κ2) is 5.47. The van der Waals surface area contributed by atoms with Crippen molar-refractivity contribution >= 4 is 17.2 Å². The Labute approximate surface area is 107 Å². The number of benzene rings is 1. The third kappa shape index (κ3) is 3.17. The molecule has 17 heavy (non-hydrogen) atoms. The van der Waals surface area contributed by atoms with E-state index < -0.39 is 0 Å². The number of ether oxygens (including phenoxy) is 2. The molecule has 2 rings (SSSR count). The fourth-order valence-electron chi connectivity index (χ4n) is 1.85. The number of rotatable bonds is 3. The zero-order valence-corrected chi connectivity index (χ0v) is 10.8. The van der Waals surface area contributed by atoms with Crippen molar-refractivity contribution in [1.29, 1.82) is 0 Å². The standard InChI is InChI=1S/C13H17NO2S/c1-9-2-3-10(13(14)17)8-12(9)16-11-4-6-15-7-5-11/h2-3,8,11H,4-7H2,1H3,(H2,14,17). The lowest BCUT2D eigenvalue weighted by Gasteiger charge is -2.24. The largest absolute Gasteiger partial charge is 0.490 e. The summed E-state index contributed by atoms with van der Waals surface area (Å²) in [6.07, 6.45) is 2.12. The Hall–Kier alpha value is -1.13. The smallest absolute Gasteiger partial charge is 0.123 e. The van der Waals surface area contributed by atoms with Crippen LogP contribution in [0.25, 0.3) is 0 Å². The molecule has 1 heterocycles. The van der Waals surface area contributed by atoms with Crippen molar-refractivity contribution in [3.05, 3.63) is 29.3 Å². The predicted molar refractivity (Wildman–Crippen MR) is 71.5 cm³/mol. The van der Waals surface area contributed by atoms with Crippen molar-refractivity contribution < 1.29 is 9.47 Å². The molecule has 0 atom stereocenters. The lowest BCUT2D eigenvalue weighted by molar-refractivity contribution is 0.0253. The van der Waals surface area contributed by atoms with Gasteiger partial charge in [-0.25, -0.2) is 0 Å². The molecule has 0 amide bonds. The number of hydrogen-bond acceptors (Lipinski definition) is 3. The van der Waals surface area contributed by atoms with Gasteiger partial charge in [0.15, 0.2) is 0 Å². The number of hydrogen-bond donors (Lipinski definition) is 1. The molecule has 0 aromatic heterocycles. The molecule has 4 heteroatoms. The van der Waals surface area contributed by atoms with Crippen LogP contribution in [-0.4, -0.2) is 24.3 Å². The maximum absolute atomic E-state index is 5.98. The molecule has 1 aliphatic rings. The van der Waals surface area contributed by atoms with Crippen LogP contribution in [0.15, 0.2) is 18.2 Å². The summed E-state index contributed by atoms with van der Waals surface area (Å²) in [5.41, 5.74) is 7.58. The highest BCUT2D eigenvalue weighted by molar-refractivity contribution is 7.80. The summed E-state index contributed by atoms with van der Waals surface area (Å²) in [4.78, 5) is 0.404. The average molecular weight is 251 g/mol. The Balaban J connectivity index is 2.13. The Morgan fingerprint density at radius 1 is 1.41 bits per heavy atom. The molecule has 0 radical (unpaired) electrons. The molecular formula is C13H17NO2S. The van der Waals surface area contributed by atoms with Crippen molar-refractivity contribution in [3.63, 3.8) is 0 Å². The average Bonchev–Trinajstić information content (AvgIpc) is 2.33. The fraction of sp³-hybridized carbons (Fsp3) is 0.462. The van der Waals surface area contributed by atoms with Crippen LogP contribution in [0.5, 0.6) is 5.75 Å². The van der Waals surface area contributed by atoms with E-state index in [1.807, 2.05) is 25.1 Å². The second-order valence-electron chi connectivity index (χ2n) is 4.27. The molecule has 92 valence electrons. The van der Waals surface area contributed by atoms with Gasteiger partial charge < -0.3 is 15.2 Å². The third-order valence-electron chi connectivity index (χ3n) is 2.93. The first-order valence-electron chi connectivity index (χ1n) is 5.81. The SMILES string of the molecule is Cc1ccc(C(N)=S)cc1OC1CCOCC1. The normalized spacial score (nSPS) is 16.8. The molecule has 0 unspecified atom stereocenters. The maximum Gasteiger partial charge on any atom is 0.123 e. The van der Waals surface area contributed by atoms with E-state index in [0.29, 0.717) is 4.99 Å². The lowest BCUT2D eigenvalue weighted by atomic mass is 10.1. The van der Waals surface area contributed by atoms with Gasteiger partial charge in [0.2, 0.25) is 0 Å². The van der Waals surface area contributed by atoms with Gasteiger partial charge >= 0.3 is 0 Å². The summed E-state index contributed by atoms with van der Waals surface area (Å²) in [6.45, 7) is 3.58. The summed E-state index contributed by atoms with van der Waals surface area (Å²) < 4.78 is 11.3. The van der Waals surface area contributed by atoms with Gasteiger partial charge in [0.25, 0.3) is 0 Å². The van der Waals surface area contributed by atoms with Crippen LogP contribution in [-0.2, 0) is 4.74 Å². The highest BCUT2D eigenvalue weighted by Gasteiger charge is 2.16. The van der Waals surface area contributed by atoms with Gasteiger partial charge in [-0.2, -0.15) is 0 Å². The van der Waals surface area contributed by atoms with Crippen molar-refractivity contribution in [3.8, 4) is 5.75 Å². The Morgan fingerprint density at radius 3 is 2.76 bits per heavy atom. The summed E-state index contributed by atoms with van der Waals surface area (Å²) in [6, 6.07) is 5.84. The van der Waals surface area contributed by atoms with Crippen LogP contribution in [0, 0.1) is 6.92 Å². The summed E-state index contributed by atoms with van der Waals surface area (Å²) >= 11 is 4.97. The minimum atomic E-state index is 0.240. The van der Waals surface area contributed by atoms with Crippen molar-refractivity contribution in [2.75, 3.05) is 13.2 Å². The first kappa shape index (κ1) is 12.3. The van der Waals surface area contributed by atoms with Gasteiger partial charge in [0, 0.05) is 18.4 Å². The summed E-state index contributed by atoms with van der Waals surface area (Å²) in [5.74, 6) is 0.877. The maximum atomic E-state index is 5.98. The first-order valence-corrected chi connectivity index (χ1v) is 6.22. The summed E-state index contributed by atoms with van der Waals surface area (Å²) in [5, 5.41) is 0. The molecule has 1 fully saturated rings. The Kier molecular flexibility index (Phi) is 3.97. The van der Waals surface area contributed by atoms with E-state index in [9.17, 15) is 0 Å². The molecule has 0 bridgehead atoms. The zero-order valence-electron chi connectivity index (χ0n) is 9.94. The Morgan fingerprint density at radius 2 is 2.12 bits per heavy atom. The predicted octanol–water partition coefficient (Wildman–Crippen LogP) is 2.19. The summed E-state index contributed by atoms with van der Waals surface area (Å²) in [7, 11) is 0. The highest BCUT2D eigenvalue weighted by Crippen LogP contribution is 2.23. The molecule has 3 nitrogen and oxygen atoms in total. The van der Waals surface area contributed by atoms with E-state index in [-0.39, 0.29) is 6.10 Å². The lowest BCUT2D eigenvalue weighted by Crippen LogP contribution is -2.26. The number of thiocarbonyl (C=S) groups is 1. The van der Waals surface area contributed by atoms with Crippen molar-refractivity contribution in [2.24, 2.45) is 5.73 Å². The molecular weight excluding hydrogens is 234 g/mol. The minimum absolute atomic E-state index is 0.240. The van der Waals surface area contributed by atoms with Crippen LogP contribution in [0.1, 0.15) is 24.0 Å². The van der Waals surface area contributed by atoms with Gasteiger partial charge in [-0.3, -0.25) is 0 Å². The van der Waals surface area contributed by atoms with Gasteiger partial charge in [0.05, 0.1) is 13.2 Å². The van der Waals surface area contributed by atoms with Gasteiger partial charge in [0.1, 0.15) is 16.8 Å². The van der Waals surface area contributed by atoms with Crippen LogP contribution in [0.3, 0.4) is 0 Å². The van der Waals surface area contributed by atoms with Gasteiger partial charge in [-0.15, -0.1) is 0 Å². The monoisotopic (exact) mass is 251 g/mol. The van der Waals surface area contributed by atoms with E-state index in [1.165, 1.54) is 0 Å². The van der Waals surface area contributed by atoms with Crippen molar-refractivity contribution in [1.82, 2.24) is 0 Å². The molecule has 2 N–H and O–H groups in total. The van der Waals surface area contributed by atoms with E-state index in [2.05, 4.69) is 0 Å². The van der Waals surface area contributed by atoms with Crippen LogP contribution in [0.4, 0.5) is 0 Å². The quantitative estimate of drug-likeness (QED) is 0.836. The zero-order chi connectivity index (χ0) is 12.3. The van der Waals surface area contributed by atoms with E-state index in [4.69, 9.17) is 27.4 Å². The number of aryl methyl sites for hydroxylation is 1.